The molecule has 0 bridgehead atoms. The minimum Gasteiger partial charge on any atom is -0.497 e. The first-order valence-electron chi connectivity index (χ1n) is 6.02. The number of nitrogens with two attached hydrogens (primary N) is 1. The van der Waals surface area contributed by atoms with Gasteiger partial charge < -0.3 is 4.74 Å². The minimum absolute atomic E-state index is 0.122. The third kappa shape index (κ3) is 2.80. The van der Waals surface area contributed by atoms with Gasteiger partial charge in [-0.2, -0.15) is 5.10 Å². The lowest BCUT2D eigenvalue weighted by molar-refractivity contribution is 0.414. The molecule has 5 nitrogen and oxygen atoms in total. The lowest BCUT2D eigenvalue weighted by atomic mass is 10.0. The van der Waals surface area contributed by atoms with Crippen LogP contribution in [0.4, 0.5) is 0 Å². The molecule has 0 aliphatic heterocycles. The predicted molar refractivity (Wildman–Crippen MR) is 77.8 cm³/mol. The highest BCUT2D eigenvalue weighted by molar-refractivity contribution is 9.10. The lowest BCUT2D eigenvalue weighted by Gasteiger charge is -2.18. The first-order chi connectivity index (χ1) is 9.21. The van der Waals surface area contributed by atoms with Crippen LogP contribution in [0.5, 0.6) is 5.75 Å². The Bertz CT molecular complexity index is 538. The van der Waals surface area contributed by atoms with Crippen LogP contribution < -0.4 is 16.0 Å². The number of ether oxygens (including phenoxy) is 1. The van der Waals surface area contributed by atoms with Crippen molar-refractivity contribution < 1.29 is 4.74 Å². The molecule has 0 amide bonds. The van der Waals surface area contributed by atoms with Crippen LogP contribution in [0.25, 0.3) is 0 Å². The number of methoxy groups -OCH3 is 1. The quantitative estimate of drug-likeness (QED) is 0.654. The molecule has 1 aromatic heterocycles. The molecule has 0 saturated heterocycles. The van der Waals surface area contributed by atoms with E-state index in [0.717, 1.165) is 28.0 Å². The van der Waals surface area contributed by atoms with Crippen molar-refractivity contribution in [2.24, 2.45) is 5.84 Å². The van der Waals surface area contributed by atoms with Gasteiger partial charge in [0.25, 0.3) is 0 Å². The maximum atomic E-state index is 5.72. The van der Waals surface area contributed by atoms with Gasteiger partial charge in [-0.1, -0.05) is 12.1 Å². The molecule has 0 fully saturated rings. The van der Waals surface area contributed by atoms with E-state index in [-0.39, 0.29) is 6.04 Å². The highest BCUT2D eigenvalue weighted by Gasteiger charge is 2.20. The van der Waals surface area contributed by atoms with E-state index in [9.17, 15) is 0 Å². The summed E-state index contributed by atoms with van der Waals surface area (Å²) >= 11 is 3.52. The molecule has 2 rings (SSSR count). The summed E-state index contributed by atoms with van der Waals surface area (Å²) in [7, 11) is 1.65. The summed E-state index contributed by atoms with van der Waals surface area (Å²) < 4.78 is 8.02. The van der Waals surface area contributed by atoms with Gasteiger partial charge in [-0.05, 0) is 40.5 Å². The zero-order chi connectivity index (χ0) is 13.8. The molecule has 6 heteroatoms. The Kier molecular flexibility index (Phi) is 4.57. The zero-order valence-corrected chi connectivity index (χ0v) is 12.5. The van der Waals surface area contributed by atoms with Gasteiger partial charge in [-0.3, -0.25) is 10.5 Å². The number of hydrogen-bond acceptors (Lipinski definition) is 4. The van der Waals surface area contributed by atoms with Gasteiger partial charge in [0, 0.05) is 6.54 Å². The van der Waals surface area contributed by atoms with Crippen LogP contribution in [0.15, 0.2) is 34.9 Å². The predicted octanol–water partition coefficient (Wildman–Crippen LogP) is 2.23. The largest absolute Gasteiger partial charge is 0.497 e. The summed E-state index contributed by atoms with van der Waals surface area (Å²) in [5.74, 6) is 6.54. The molecule has 0 radical (unpaired) electrons. The maximum Gasteiger partial charge on any atom is 0.118 e. The number of rotatable bonds is 5. The molecular formula is C13H17BrN4O. The summed E-state index contributed by atoms with van der Waals surface area (Å²) in [4.78, 5) is 0. The number of halogens is 1. The van der Waals surface area contributed by atoms with Gasteiger partial charge in [-0.15, -0.1) is 0 Å². The Morgan fingerprint density at radius 2 is 2.11 bits per heavy atom. The van der Waals surface area contributed by atoms with Gasteiger partial charge in [0.2, 0.25) is 0 Å². The Labute approximate surface area is 120 Å². The molecule has 1 atom stereocenters. The molecule has 3 N–H and O–H groups in total. The van der Waals surface area contributed by atoms with Crippen molar-refractivity contribution in [2.75, 3.05) is 7.11 Å². The van der Waals surface area contributed by atoms with Gasteiger partial charge in [0.1, 0.15) is 5.75 Å². The minimum atomic E-state index is -0.122. The van der Waals surface area contributed by atoms with Crippen LogP contribution in [0.2, 0.25) is 0 Å². The van der Waals surface area contributed by atoms with Gasteiger partial charge in [0.15, 0.2) is 0 Å². The summed E-state index contributed by atoms with van der Waals surface area (Å²) in [5.41, 5.74) is 4.91. The van der Waals surface area contributed by atoms with Crippen molar-refractivity contribution in [1.29, 1.82) is 0 Å². The highest BCUT2D eigenvalue weighted by atomic mass is 79.9. The third-order valence-electron chi connectivity index (χ3n) is 3.02. The molecule has 0 aliphatic carbocycles. The SMILES string of the molecule is CCn1ncc(Br)c1C(NN)c1ccc(OC)cc1. The fourth-order valence-electron chi connectivity index (χ4n) is 2.04. The molecule has 19 heavy (non-hydrogen) atoms. The molecule has 1 aromatic carbocycles. The zero-order valence-electron chi connectivity index (χ0n) is 10.9. The number of nitrogens with one attached hydrogen (secondary N) is 1. The van der Waals surface area contributed by atoms with E-state index in [2.05, 4.69) is 26.5 Å². The van der Waals surface area contributed by atoms with E-state index in [0.29, 0.717) is 0 Å². The fraction of sp³-hybridized carbons (Fsp3) is 0.308. The van der Waals surface area contributed by atoms with Crippen LogP contribution in [-0.2, 0) is 6.54 Å². The van der Waals surface area contributed by atoms with Gasteiger partial charge >= 0.3 is 0 Å². The number of benzene rings is 1. The van der Waals surface area contributed by atoms with Crippen molar-refractivity contribution in [2.45, 2.75) is 19.5 Å². The summed E-state index contributed by atoms with van der Waals surface area (Å²) in [6.07, 6.45) is 1.78. The third-order valence-corrected chi connectivity index (χ3v) is 3.63. The monoisotopic (exact) mass is 324 g/mol. The number of aromatic nitrogens is 2. The summed E-state index contributed by atoms with van der Waals surface area (Å²) in [6.45, 7) is 2.83. The number of nitrogens with zero attached hydrogens (tertiary/aromatic N) is 2. The molecule has 0 saturated carbocycles. The van der Waals surface area contributed by atoms with E-state index < -0.39 is 0 Å². The fourth-order valence-corrected chi connectivity index (χ4v) is 2.57. The standard InChI is InChI=1S/C13H17BrN4O/c1-3-18-13(11(14)8-16-18)12(17-15)9-4-6-10(19-2)7-5-9/h4-8,12,17H,3,15H2,1-2H3. The Balaban J connectivity index is 2.40. The summed E-state index contributed by atoms with van der Waals surface area (Å²) in [5, 5.41) is 4.31. The molecule has 1 unspecified atom stereocenters. The van der Waals surface area contributed by atoms with Gasteiger partial charge in [-0.25, -0.2) is 5.43 Å². The summed E-state index contributed by atoms with van der Waals surface area (Å²) in [6, 6.07) is 7.69. The van der Waals surface area contributed by atoms with Crippen molar-refractivity contribution in [3.63, 3.8) is 0 Å². The lowest BCUT2D eigenvalue weighted by Crippen LogP contribution is -2.31. The van der Waals surface area contributed by atoms with E-state index in [1.54, 1.807) is 13.3 Å². The van der Waals surface area contributed by atoms with Crippen molar-refractivity contribution in [3.05, 3.63) is 46.2 Å². The van der Waals surface area contributed by atoms with Crippen molar-refractivity contribution in [1.82, 2.24) is 15.2 Å². The maximum absolute atomic E-state index is 5.72. The van der Waals surface area contributed by atoms with E-state index in [1.807, 2.05) is 35.9 Å². The molecular weight excluding hydrogens is 308 g/mol. The topological polar surface area (TPSA) is 65.1 Å². The smallest absolute Gasteiger partial charge is 0.118 e. The Morgan fingerprint density at radius 1 is 1.42 bits per heavy atom. The molecule has 102 valence electrons. The average molecular weight is 325 g/mol. The van der Waals surface area contributed by atoms with Crippen LogP contribution in [0, 0.1) is 0 Å². The van der Waals surface area contributed by atoms with Crippen LogP contribution in [0.3, 0.4) is 0 Å². The van der Waals surface area contributed by atoms with Gasteiger partial charge in [0.05, 0.1) is 29.5 Å². The molecule has 2 aromatic rings. The second kappa shape index (κ2) is 6.18. The van der Waals surface area contributed by atoms with E-state index in [1.165, 1.54) is 0 Å². The van der Waals surface area contributed by atoms with Crippen molar-refractivity contribution in [3.8, 4) is 5.75 Å². The average Bonchev–Trinajstić information content (AvgIpc) is 2.82. The van der Waals surface area contributed by atoms with Crippen LogP contribution in [-0.4, -0.2) is 16.9 Å². The number of hydrogen-bond donors (Lipinski definition) is 2. The van der Waals surface area contributed by atoms with Crippen molar-refractivity contribution >= 4 is 15.9 Å². The second-order valence-electron chi connectivity index (χ2n) is 4.07. The first kappa shape index (κ1) is 14.0. The molecule has 1 heterocycles. The highest BCUT2D eigenvalue weighted by Crippen LogP contribution is 2.29. The second-order valence-corrected chi connectivity index (χ2v) is 4.92. The first-order valence-corrected chi connectivity index (χ1v) is 6.81. The molecule has 0 spiro atoms. The Hall–Kier alpha value is -1.37. The number of aryl methyl sites for hydroxylation is 1. The normalized spacial score (nSPS) is 12.4. The van der Waals surface area contributed by atoms with E-state index >= 15 is 0 Å². The Morgan fingerprint density at radius 3 is 2.63 bits per heavy atom. The molecule has 0 aliphatic rings. The van der Waals surface area contributed by atoms with Crippen LogP contribution >= 0.6 is 15.9 Å². The number of hydrazine groups is 1. The van der Waals surface area contributed by atoms with Crippen LogP contribution in [0.1, 0.15) is 24.2 Å². The van der Waals surface area contributed by atoms with E-state index in [4.69, 9.17) is 10.6 Å².